The number of aryl methyl sites for hydroxylation is 1. The minimum absolute atomic E-state index is 0.365. The molecule has 1 unspecified atom stereocenters. The van der Waals surface area contributed by atoms with Crippen molar-refractivity contribution in [3.63, 3.8) is 0 Å². The summed E-state index contributed by atoms with van der Waals surface area (Å²) in [7, 11) is 1.73. The first-order valence-corrected chi connectivity index (χ1v) is 6.51. The van der Waals surface area contributed by atoms with Crippen LogP contribution in [0.15, 0.2) is 12.4 Å². The molecule has 1 aliphatic heterocycles. The van der Waals surface area contributed by atoms with Crippen molar-refractivity contribution < 1.29 is 14.7 Å². The Labute approximate surface area is 108 Å². The summed E-state index contributed by atoms with van der Waals surface area (Å²) in [5.74, 6) is -0.600. The van der Waals surface area contributed by atoms with E-state index in [-0.39, 0.29) is 5.91 Å². The molecule has 0 aliphatic carbocycles. The maximum atomic E-state index is 12.2. The minimum atomic E-state index is -0.994. The van der Waals surface area contributed by atoms with E-state index in [1.165, 1.54) is 22.9 Å². The maximum absolute atomic E-state index is 12.2. The van der Waals surface area contributed by atoms with Crippen LogP contribution in [0, 0.1) is 0 Å². The van der Waals surface area contributed by atoms with Gasteiger partial charge in [0.05, 0.1) is 12.1 Å². The van der Waals surface area contributed by atoms with E-state index in [9.17, 15) is 9.59 Å². The normalized spacial score (nSPS) is 21.0. The number of carbonyl (C=O) groups is 2. The summed E-state index contributed by atoms with van der Waals surface area (Å²) in [5.41, 5.74) is 6.43. The number of carboxylic acids is 1. The number of thioether (sulfide) groups is 1. The van der Waals surface area contributed by atoms with E-state index in [1.54, 1.807) is 17.9 Å². The molecule has 3 N–H and O–H groups in total. The predicted molar refractivity (Wildman–Crippen MR) is 65.7 cm³/mol. The van der Waals surface area contributed by atoms with Crippen LogP contribution in [-0.4, -0.2) is 49.3 Å². The van der Waals surface area contributed by atoms with E-state index < -0.39 is 18.1 Å². The van der Waals surface area contributed by atoms with Gasteiger partial charge in [-0.3, -0.25) is 9.48 Å². The zero-order valence-electron chi connectivity index (χ0n) is 9.81. The van der Waals surface area contributed by atoms with Gasteiger partial charge in [0.2, 0.25) is 5.91 Å². The summed E-state index contributed by atoms with van der Waals surface area (Å²) in [6.45, 7) is 0. The minimum Gasteiger partial charge on any atom is -0.480 e. The Bertz CT molecular complexity index is 475. The van der Waals surface area contributed by atoms with Crippen LogP contribution in [0.3, 0.4) is 0 Å². The SMILES string of the molecule is Cn1cc(C(N)C(=O)N2CSC[C@H]2C(=O)O)cn1. The number of nitrogens with zero attached hydrogens (tertiary/aromatic N) is 3. The average Bonchev–Trinajstić information content (AvgIpc) is 2.95. The summed E-state index contributed by atoms with van der Waals surface area (Å²) in [4.78, 5) is 24.5. The summed E-state index contributed by atoms with van der Waals surface area (Å²) >= 11 is 1.41. The molecule has 2 rings (SSSR count). The van der Waals surface area contributed by atoms with Gasteiger partial charge in [0, 0.05) is 24.6 Å². The Kier molecular flexibility index (Phi) is 3.58. The third-order valence-electron chi connectivity index (χ3n) is 2.80. The Morgan fingerprint density at radius 3 is 2.94 bits per heavy atom. The molecule has 1 amide bonds. The van der Waals surface area contributed by atoms with Crippen LogP contribution < -0.4 is 5.73 Å². The second kappa shape index (κ2) is 4.99. The Balaban J connectivity index is 2.13. The number of carbonyl (C=O) groups excluding carboxylic acids is 1. The molecule has 1 saturated heterocycles. The van der Waals surface area contributed by atoms with Gasteiger partial charge in [-0.2, -0.15) is 5.10 Å². The Morgan fingerprint density at radius 2 is 2.39 bits per heavy atom. The van der Waals surface area contributed by atoms with Crippen LogP contribution in [0.4, 0.5) is 0 Å². The van der Waals surface area contributed by atoms with Crippen LogP contribution in [0.25, 0.3) is 0 Å². The number of carboxylic acid groups (broad SMARTS) is 1. The molecule has 7 nitrogen and oxygen atoms in total. The van der Waals surface area contributed by atoms with E-state index in [1.807, 2.05) is 0 Å². The van der Waals surface area contributed by atoms with Crippen LogP contribution in [-0.2, 0) is 16.6 Å². The van der Waals surface area contributed by atoms with Gasteiger partial charge in [-0.15, -0.1) is 11.8 Å². The van der Waals surface area contributed by atoms with Crippen molar-refractivity contribution in [3.05, 3.63) is 18.0 Å². The molecular formula is C10H14N4O3S. The fraction of sp³-hybridized carbons (Fsp3) is 0.500. The summed E-state index contributed by atoms with van der Waals surface area (Å²) < 4.78 is 1.55. The largest absolute Gasteiger partial charge is 0.480 e. The molecule has 8 heteroatoms. The van der Waals surface area contributed by atoms with Gasteiger partial charge < -0.3 is 15.7 Å². The molecule has 0 spiro atoms. The maximum Gasteiger partial charge on any atom is 0.327 e. The highest BCUT2D eigenvalue weighted by molar-refractivity contribution is 7.99. The fourth-order valence-electron chi connectivity index (χ4n) is 1.79. The smallest absolute Gasteiger partial charge is 0.327 e. The molecule has 1 aliphatic rings. The highest BCUT2D eigenvalue weighted by Crippen LogP contribution is 2.24. The highest BCUT2D eigenvalue weighted by Gasteiger charge is 2.37. The van der Waals surface area contributed by atoms with Gasteiger partial charge in [0.25, 0.3) is 0 Å². The van der Waals surface area contributed by atoms with Crippen molar-refractivity contribution in [2.45, 2.75) is 12.1 Å². The van der Waals surface area contributed by atoms with Gasteiger partial charge in [-0.1, -0.05) is 0 Å². The lowest BCUT2D eigenvalue weighted by Crippen LogP contribution is -2.45. The molecule has 1 aromatic heterocycles. The first-order chi connectivity index (χ1) is 8.50. The van der Waals surface area contributed by atoms with Gasteiger partial charge in [-0.25, -0.2) is 4.79 Å². The Hall–Kier alpha value is -1.54. The first-order valence-electron chi connectivity index (χ1n) is 5.36. The molecule has 2 heterocycles. The third kappa shape index (κ3) is 2.34. The number of hydrogen-bond donors (Lipinski definition) is 2. The molecule has 0 bridgehead atoms. The third-order valence-corrected chi connectivity index (χ3v) is 3.81. The molecular weight excluding hydrogens is 256 g/mol. The predicted octanol–water partition coefficient (Wildman–Crippen LogP) is -0.594. The second-order valence-electron chi connectivity index (χ2n) is 4.09. The van der Waals surface area contributed by atoms with Crippen molar-refractivity contribution in [2.75, 3.05) is 11.6 Å². The lowest BCUT2D eigenvalue weighted by molar-refractivity contribution is -0.148. The van der Waals surface area contributed by atoms with Crippen LogP contribution in [0.5, 0.6) is 0 Å². The lowest BCUT2D eigenvalue weighted by Gasteiger charge is -2.23. The molecule has 2 atom stereocenters. The molecule has 0 saturated carbocycles. The lowest BCUT2D eigenvalue weighted by atomic mass is 10.1. The number of hydrogen-bond acceptors (Lipinski definition) is 5. The molecule has 0 aromatic carbocycles. The van der Waals surface area contributed by atoms with Gasteiger partial charge in [0.1, 0.15) is 12.1 Å². The summed E-state index contributed by atoms with van der Waals surface area (Å²) in [6, 6.07) is -1.65. The molecule has 98 valence electrons. The van der Waals surface area contributed by atoms with E-state index in [4.69, 9.17) is 10.8 Å². The zero-order chi connectivity index (χ0) is 13.3. The van der Waals surface area contributed by atoms with Crippen molar-refractivity contribution in [1.82, 2.24) is 14.7 Å². The Morgan fingerprint density at radius 1 is 1.67 bits per heavy atom. The van der Waals surface area contributed by atoms with Crippen molar-refractivity contribution in [1.29, 1.82) is 0 Å². The van der Waals surface area contributed by atoms with Crippen LogP contribution in [0.1, 0.15) is 11.6 Å². The van der Waals surface area contributed by atoms with Crippen molar-refractivity contribution in [2.24, 2.45) is 12.8 Å². The second-order valence-corrected chi connectivity index (χ2v) is 5.09. The van der Waals surface area contributed by atoms with E-state index in [0.29, 0.717) is 17.2 Å². The van der Waals surface area contributed by atoms with Crippen molar-refractivity contribution in [3.8, 4) is 0 Å². The van der Waals surface area contributed by atoms with E-state index >= 15 is 0 Å². The highest BCUT2D eigenvalue weighted by atomic mass is 32.2. The van der Waals surface area contributed by atoms with Crippen molar-refractivity contribution >= 4 is 23.6 Å². The fourth-order valence-corrected chi connectivity index (χ4v) is 2.94. The molecule has 1 aromatic rings. The van der Waals surface area contributed by atoms with Crippen LogP contribution in [0.2, 0.25) is 0 Å². The standard InChI is InChI=1S/C10H14N4O3S/c1-13-3-6(2-12-13)8(11)9(15)14-5-18-4-7(14)10(16)17/h2-3,7-8H,4-5,11H2,1H3,(H,16,17)/t7-,8?/m0/s1. The number of nitrogens with two attached hydrogens (primary N) is 1. The van der Waals surface area contributed by atoms with Gasteiger partial charge in [0.15, 0.2) is 0 Å². The zero-order valence-corrected chi connectivity index (χ0v) is 10.6. The van der Waals surface area contributed by atoms with Gasteiger partial charge >= 0.3 is 5.97 Å². The number of aliphatic carboxylic acids is 1. The average molecular weight is 270 g/mol. The first kappa shape index (κ1) is 12.9. The van der Waals surface area contributed by atoms with E-state index in [2.05, 4.69) is 5.10 Å². The van der Waals surface area contributed by atoms with E-state index in [0.717, 1.165) is 0 Å². The topological polar surface area (TPSA) is 101 Å². The quantitative estimate of drug-likeness (QED) is 0.761. The number of amides is 1. The number of aromatic nitrogens is 2. The molecule has 0 radical (unpaired) electrons. The molecule has 18 heavy (non-hydrogen) atoms. The van der Waals surface area contributed by atoms with Crippen LogP contribution >= 0.6 is 11.8 Å². The monoisotopic (exact) mass is 270 g/mol. The summed E-state index contributed by atoms with van der Waals surface area (Å²) in [6.07, 6.45) is 3.17. The summed E-state index contributed by atoms with van der Waals surface area (Å²) in [5, 5.41) is 13.0. The number of rotatable bonds is 3. The van der Waals surface area contributed by atoms with Gasteiger partial charge in [-0.05, 0) is 0 Å². The molecule has 1 fully saturated rings.